The lowest BCUT2D eigenvalue weighted by atomic mass is 10.1. The zero-order valence-corrected chi connectivity index (χ0v) is 13.3. The monoisotopic (exact) mass is 336 g/mol. The van der Waals surface area contributed by atoms with E-state index in [1.54, 1.807) is 12.3 Å². The predicted molar refractivity (Wildman–Crippen MR) is 87.3 cm³/mol. The molecule has 0 unspecified atom stereocenters. The molecule has 1 aromatic carbocycles. The largest absolute Gasteiger partial charge is 0.483 e. The van der Waals surface area contributed by atoms with E-state index < -0.39 is 5.82 Å². The number of piperidine rings is 1. The average molecular weight is 337 g/mol. The van der Waals surface area contributed by atoms with E-state index in [1.807, 2.05) is 6.07 Å². The highest BCUT2D eigenvalue weighted by Crippen LogP contribution is 2.21. The van der Waals surface area contributed by atoms with Crippen molar-refractivity contribution >= 4 is 17.4 Å². The topological polar surface area (TPSA) is 59.1 Å². The molecule has 0 atom stereocenters. The summed E-state index contributed by atoms with van der Waals surface area (Å²) in [5, 5.41) is 7.05. The Hall–Kier alpha value is -1.92. The number of nitrogens with zero attached hydrogens (tertiary/aromatic N) is 2. The van der Waals surface area contributed by atoms with Gasteiger partial charge in [-0.1, -0.05) is 11.6 Å². The first-order valence-electron chi connectivity index (χ1n) is 7.58. The lowest BCUT2D eigenvalue weighted by Gasteiger charge is -2.24. The molecular formula is C16H18ClFN4O. The van der Waals surface area contributed by atoms with Gasteiger partial charge < -0.3 is 15.4 Å². The second-order valence-electron chi connectivity index (χ2n) is 5.39. The van der Waals surface area contributed by atoms with Gasteiger partial charge in [0.15, 0.2) is 17.4 Å². The summed E-state index contributed by atoms with van der Waals surface area (Å²) in [4.78, 5) is 8.57. The first-order chi connectivity index (χ1) is 11.2. The van der Waals surface area contributed by atoms with Gasteiger partial charge in [-0.3, -0.25) is 0 Å². The van der Waals surface area contributed by atoms with Crippen molar-refractivity contribution in [2.75, 3.05) is 18.4 Å². The first kappa shape index (κ1) is 16.0. The lowest BCUT2D eigenvalue weighted by Crippen LogP contribution is -2.35. The van der Waals surface area contributed by atoms with Crippen LogP contribution in [-0.4, -0.2) is 29.1 Å². The van der Waals surface area contributed by atoms with E-state index in [0.717, 1.165) is 31.7 Å². The highest BCUT2D eigenvalue weighted by Gasteiger charge is 2.13. The predicted octanol–water partition coefficient (Wildman–Crippen LogP) is 3.01. The summed E-state index contributed by atoms with van der Waals surface area (Å²) in [6.07, 6.45) is 3.80. The van der Waals surface area contributed by atoms with Crippen molar-refractivity contribution in [2.45, 2.75) is 25.5 Å². The van der Waals surface area contributed by atoms with E-state index in [9.17, 15) is 4.39 Å². The van der Waals surface area contributed by atoms with Crippen molar-refractivity contribution in [2.24, 2.45) is 0 Å². The van der Waals surface area contributed by atoms with Gasteiger partial charge in [-0.25, -0.2) is 14.4 Å². The van der Waals surface area contributed by atoms with E-state index >= 15 is 0 Å². The molecule has 1 aliphatic rings. The van der Waals surface area contributed by atoms with Gasteiger partial charge in [0.2, 0.25) is 0 Å². The minimum absolute atomic E-state index is 0.0975. The fourth-order valence-electron chi connectivity index (χ4n) is 2.46. The Morgan fingerprint density at radius 2 is 2.13 bits per heavy atom. The molecule has 5 nitrogen and oxygen atoms in total. The van der Waals surface area contributed by atoms with Crippen LogP contribution in [0.4, 0.5) is 10.2 Å². The Bertz CT molecular complexity index is 664. The number of benzene rings is 1. The molecule has 0 bridgehead atoms. The van der Waals surface area contributed by atoms with Crippen molar-refractivity contribution in [3.63, 3.8) is 0 Å². The molecule has 0 aliphatic carbocycles. The van der Waals surface area contributed by atoms with Crippen LogP contribution in [0.2, 0.25) is 5.02 Å². The van der Waals surface area contributed by atoms with E-state index in [-0.39, 0.29) is 12.4 Å². The molecular weight excluding hydrogens is 319 g/mol. The molecule has 1 aromatic heterocycles. The number of nitrogens with one attached hydrogen (secondary N) is 2. The van der Waals surface area contributed by atoms with E-state index in [0.29, 0.717) is 16.9 Å². The van der Waals surface area contributed by atoms with E-state index in [4.69, 9.17) is 16.3 Å². The van der Waals surface area contributed by atoms with Crippen molar-refractivity contribution in [1.29, 1.82) is 0 Å². The molecule has 122 valence electrons. The Morgan fingerprint density at radius 1 is 1.30 bits per heavy atom. The number of hydrogen-bond donors (Lipinski definition) is 2. The molecule has 1 fully saturated rings. The molecule has 2 aromatic rings. The highest BCUT2D eigenvalue weighted by atomic mass is 35.5. The Morgan fingerprint density at radius 3 is 2.91 bits per heavy atom. The van der Waals surface area contributed by atoms with Crippen LogP contribution in [0.15, 0.2) is 30.5 Å². The summed E-state index contributed by atoms with van der Waals surface area (Å²) in [6, 6.07) is 6.53. The molecule has 2 heterocycles. The number of hydrogen-bond acceptors (Lipinski definition) is 5. The summed E-state index contributed by atoms with van der Waals surface area (Å²) in [6.45, 7) is 2.11. The smallest absolute Gasteiger partial charge is 0.168 e. The van der Waals surface area contributed by atoms with Crippen LogP contribution in [0.5, 0.6) is 5.75 Å². The fourth-order valence-corrected chi connectivity index (χ4v) is 2.62. The highest BCUT2D eigenvalue weighted by molar-refractivity contribution is 6.30. The first-order valence-corrected chi connectivity index (χ1v) is 7.95. The van der Waals surface area contributed by atoms with E-state index in [1.165, 1.54) is 12.1 Å². The summed E-state index contributed by atoms with van der Waals surface area (Å²) in [7, 11) is 0. The zero-order chi connectivity index (χ0) is 16.1. The molecule has 0 amide bonds. The SMILES string of the molecule is Fc1cc(Cl)ccc1OCc1nccc(NC2CCNCC2)n1. The maximum atomic E-state index is 13.7. The maximum absolute atomic E-state index is 13.7. The molecule has 0 radical (unpaired) electrons. The number of anilines is 1. The van der Waals surface area contributed by atoms with Gasteiger partial charge in [0.25, 0.3) is 0 Å². The Kier molecular flexibility index (Phi) is 5.25. The van der Waals surface area contributed by atoms with Gasteiger partial charge >= 0.3 is 0 Å². The van der Waals surface area contributed by atoms with Gasteiger partial charge in [0, 0.05) is 17.3 Å². The lowest BCUT2D eigenvalue weighted by molar-refractivity contribution is 0.281. The minimum atomic E-state index is -0.499. The van der Waals surface area contributed by atoms with Crippen LogP contribution in [0.25, 0.3) is 0 Å². The van der Waals surface area contributed by atoms with Crippen LogP contribution in [0, 0.1) is 5.82 Å². The normalized spacial score (nSPS) is 15.4. The molecule has 0 saturated carbocycles. The molecule has 23 heavy (non-hydrogen) atoms. The molecule has 1 aliphatic heterocycles. The summed E-state index contributed by atoms with van der Waals surface area (Å²) in [5.74, 6) is 0.900. The van der Waals surface area contributed by atoms with Crippen molar-refractivity contribution in [3.05, 3.63) is 47.1 Å². The molecule has 7 heteroatoms. The van der Waals surface area contributed by atoms with Gasteiger partial charge in [0.05, 0.1) is 0 Å². The third kappa shape index (κ3) is 4.53. The van der Waals surface area contributed by atoms with Crippen LogP contribution >= 0.6 is 11.6 Å². The van der Waals surface area contributed by atoms with E-state index in [2.05, 4.69) is 20.6 Å². The standard InChI is InChI=1S/C16H18ClFN4O/c17-11-1-2-14(13(18)9-11)23-10-16-20-8-5-15(22-16)21-12-3-6-19-7-4-12/h1-2,5,8-9,12,19H,3-4,6-7,10H2,(H,20,21,22). The Labute approximate surface area is 139 Å². The van der Waals surface area contributed by atoms with Gasteiger partial charge in [-0.05, 0) is 50.2 Å². The number of ether oxygens (including phenoxy) is 1. The van der Waals surface area contributed by atoms with Crippen LogP contribution < -0.4 is 15.4 Å². The molecule has 3 rings (SSSR count). The third-order valence-corrected chi connectivity index (χ3v) is 3.88. The summed E-state index contributed by atoms with van der Waals surface area (Å²) < 4.78 is 19.1. The zero-order valence-electron chi connectivity index (χ0n) is 12.6. The quantitative estimate of drug-likeness (QED) is 0.879. The van der Waals surface area contributed by atoms with Gasteiger partial charge in [0.1, 0.15) is 12.4 Å². The number of aromatic nitrogens is 2. The minimum Gasteiger partial charge on any atom is -0.483 e. The average Bonchev–Trinajstić information content (AvgIpc) is 2.55. The summed E-state index contributed by atoms with van der Waals surface area (Å²) in [5.41, 5.74) is 0. The third-order valence-electron chi connectivity index (χ3n) is 3.65. The maximum Gasteiger partial charge on any atom is 0.168 e. The van der Waals surface area contributed by atoms with Crippen LogP contribution in [-0.2, 0) is 6.61 Å². The second-order valence-corrected chi connectivity index (χ2v) is 5.83. The molecule has 2 N–H and O–H groups in total. The molecule has 1 saturated heterocycles. The molecule has 0 spiro atoms. The van der Waals surface area contributed by atoms with Gasteiger partial charge in [-0.15, -0.1) is 0 Å². The second kappa shape index (κ2) is 7.57. The van der Waals surface area contributed by atoms with Crippen molar-refractivity contribution < 1.29 is 9.13 Å². The Balaban J connectivity index is 1.60. The number of rotatable bonds is 5. The van der Waals surface area contributed by atoms with Crippen LogP contribution in [0.3, 0.4) is 0 Å². The fraction of sp³-hybridized carbons (Fsp3) is 0.375. The van der Waals surface area contributed by atoms with Crippen LogP contribution in [0.1, 0.15) is 18.7 Å². The summed E-state index contributed by atoms with van der Waals surface area (Å²) >= 11 is 5.71. The van der Waals surface area contributed by atoms with Crippen molar-refractivity contribution in [1.82, 2.24) is 15.3 Å². The van der Waals surface area contributed by atoms with Gasteiger partial charge in [-0.2, -0.15) is 0 Å². The van der Waals surface area contributed by atoms with Crippen molar-refractivity contribution in [3.8, 4) is 5.75 Å². The number of halogens is 2.